The normalized spacial score (nSPS) is 12.5. The van der Waals surface area contributed by atoms with Gasteiger partial charge in [-0.3, -0.25) is 0 Å². The first-order valence-corrected chi connectivity index (χ1v) is 5.15. The van der Waals surface area contributed by atoms with E-state index in [0.717, 1.165) is 5.56 Å². The molecule has 4 heteroatoms. The molecule has 0 aliphatic heterocycles. The van der Waals surface area contributed by atoms with Gasteiger partial charge in [-0.1, -0.05) is 6.07 Å². The summed E-state index contributed by atoms with van der Waals surface area (Å²) in [6.07, 6.45) is 2.34. The molecule has 1 atom stereocenters. The van der Waals surface area contributed by atoms with Crippen LogP contribution in [0.25, 0.3) is 0 Å². The average molecular weight is 210 g/mol. The van der Waals surface area contributed by atoms with Gasteiger partial charge in [0.05, 0.1) is 6.61 Å². The minimum atomic E-state index is 0.143. The van der Waals surface area contributed by atoms with E-state index in [1.807, 2.05) is 19.2 Å². The Hall–Kier alpha value is -1.13. The van der Waals surface area contributed by atoms with Gasteiger partial charge in [-0.2, -0.15) is 0 Å². The lowest BCUT2D eigenvalue weighted by molar-refractivity contribution is 0.227. The van der Waals surface area contributed by atoms with E-state index in [1.54, 1.807) is 6.20 Å². The molecular weight excluding hydrogens is 192 g/mol. The summed E-state index contributed by atoms with van der Waals surface area (Å²) in [5.74, 6) is 0.646. The van der Waals surface area contributed by atoms with Gasteiger partial charge in [-0.15, -0.1) is 0 Å². The van der Waals surface area contributed by atoms with Crippen molar-refractivity contribution in [1.29, 1.82) is 0 Å². The summed E-state index contributed by atoms with van der Waals surface area (Å²) in [6, 6.07) is 4.09. The van der Waals surface area contributed by atoms with E-state index in [0.29, 0.717) is 18.9 Å². The zero-order chi connectivity index (χ0) is 11.1. The predicted molar refractivity (Wildman–Crippen MR) is 58.9 cm³/mol. The third-order valence-electron chi connectivity index (χ3n) is 2.24. The second kappa shape index (κ2) is 6.37. The summed E-state index contributed by atoms with van der Waals surface area (Å²) >= 11 is 0. The molecule has 1 aromatic rings. The molecule has 0 spiro atoms. The molecule has 1 unspecified atom stereocenters. The van der Waals surface area contributed by atoms with E-state index in [9.17, 15) is 0 Å². The van der Waals surface area contributed by atoms with E-state index >= 15 is 0 Å². The summed E-state index contributed by atoms with van der Waals surface area (Å²) in [4.78, 5) is 4.18. The molecule has 84 valence electrons. The topological polar surface area (TPSA) is 54.4 Å². The molecule has 0 aliphatic rings. The number of hydrogen-bond donors (Lipinski definition) is 2. The number of aromatic nitrogens is 1. The van der Waals surface area contributed by atoms with Crippen molar-refractivity contribution in [2.24, 2.45) is 0 Å². The van der Waals surface area contributed by atoms with Crippen LogP contribution < -0.4 is 10.1 Å². The zero-order valence-corrected chi connectivity index (χ0v) is 9.23. The highest BCUT2D eigenvalue weighted by atomic mass is 16.5. The molecule has 0 fully saturated rings. The van der Waals surface area contributed by atoms with Crippen molar-refractivity contribution in [2.45, 2.75) is 19.4 Å². The number of hydrogen-bond acceptors (Lipinski definition) is 4. The summed E-state index contributed by atoms with van der Waals surface area (Å²) < 4.78 is 5.49. The molecule has 0 saturated carbocycles. The van der Waals surface area contributed by atoms with Crippen molar-refractivity contribution < 1.29 is 9.84 Å². The lowest BCUT2D eigenvalue weighted by atomic mass is 10.1. The molecule has 0 aliphatic carbocycles. The molecule has 1 rings (SSSR count). The van der Waals surface area contributed by atoms with Gasteiger partial charge >= 0.3 is 0 Å². The van der Waals surface area contributed by atoms with E-state index in [-0.39, 0.29) is 12.6 Å². The van der Waals surface area contributed by atoms with Gasteiger partial charge in [-0.25, -0.2) is 4.98 Å². The van der Waals surface area contributed by atoms with E-state index < -0.39 is 0 Å². The maximum Gasteiger partial charge on any atom is 0.218 e. The van der Waals surface area contributed by atoms with Crippen LogP contribution in [0.15, 0.2) is 18.3 Å². The third-order valence-corrected chi connectivity index (χ3v) is 2.24. The smallest absolute Gasteiger partial charge is 0.218 e. The summed E-state index contributed by atoms with van der Waals surface area (Å²) in [5.41, 5.74) is 1.04. The second-order valence-electron chi connectivity index (χ2n) is 3.33. The van der Waals surface area contributed by atoms with Gasteiger partial charge in [0.25, 0.3) is 0 Å². The first-order chi connectivity index (χ1) is 7.29. The minimum Gasteiger partial charge on any atom is -0.477 e. The Balaban J connectivity index is 2.68. The fraction of sp³-hybridized carbons (Fsp3) is 0.545. The molecule has 1 heterocycles. The highest BCUT2D eigenvalue weighted by Gasteiger charge is 2.10. The maximum absolute atomic E-state index is 8.66. The van der Waals surface area contributed by atoms with Crippen molar-refractivity contribution in [2.75, 3.05) is 20.3 Å². The standard InChI is InChI=1S/C11H18N2O2/c1-9(12-2)10-5-3-6-13-11(10)15-8-4-7-14/h3,5-6,9,12,14H,4,7-8H2,1-2H3. The van der Waals surface area contributed by atoms with Crippen LogP contribution in [0.5, 0.6) is 5.88 Å². The molecule has 1 aromatic heterocycles. The molecule has 0 bridgehead atoms. The zero-order valence-electron chi connectivity index (χ0n) is 9.23. The van der Waals surface area contributed by atoms with Gasteiger partial charge in [0.2, 0.25) is 5.88 Å². The summed E-state index contributed by atoms with van der Waals surface area (Å²) in [6.45, 7) is 2.69. The Morgan fingerprint density at radius 3 is 3.07 bits per heavy atom. The lowest BCUT2D eigenvalue weighted by Gasteiger charge is -2.14. The van der Waals surface area contributed by atoms with Crippen LogP contribution >= 0.6 is 0 Å². The van der Waals surface area contributed by atoms with Crippen LogP contribution in [0.2, 0.25) is 0 Å². The van der Waals surface area contributed by atoms with Gasteiger partial charge in [0.1, 0.15) is 0 Å². The van der Waals surface area contributed by atoms with Gasteiger partial charge < -0.3 is 15.2 Å². The number of rotatable bonds is 6. The van der Waals surface area contributed by atoms with Crippen LogP contribution in [0, 0.1) is 0 Å². The number of ether oxygens (including phenoxy) is 1. The van der Waals surface area contributed by atoms with Crippen LogP contribution in [0.4, 0.5) is 0 Å². The second-order valence-corrected chi connectivity index (χ2v) is 3.33. The molecule has 2 N–H and O–H groups in total. The first-order valence-electron chi connectivity index (χ1n) is 5.15. The number of nitrogens with zero attached hydrogens (tertiary/aromatic N) is 1. The predicted octanol–water partition coefficient (Wildman–Crippen LogP) is 1.12. The van der Waals surface area contributed by atoms with E-state index in [1.165, 1.54) is 0 Å². The maximum atomic E-state index is 8.66. The van der Waals surface area contributed by atoms with Crippen molar-refractivity contribution in [3.63, 3.8) is 0 Å². The fourth-order valence-electron chi connectivity index (χ4n) is 1.24. The number of nitrogens with one attached hydrogen (secondary N) is 1. The van der Waals surface area contributed by atoms with Crippen molar-refractivity contribution >= 4 is 0 Å². The quantitative estimate of drug-likeness (QED) is 0.691. The monoisotopic (exact) mass is 210 g/mol. The molecular formula is C11H18N2O2. The Bertz CT molecular complexity index is 292. The average Bonchev–Trinajstić information content (AvgIpc) is 2.29. The van der Waals surface area contributed by atoms with Crippen molar-refractivity contribution in [3.8, 4) is 5.88 Å². The highest BCUT2D eigenvalue weighted by Crippen LogP contribution is 2.21. The van der Waals surface area contributed by atoms with Crippen LogP contribution in [0.3, 0.4) is 0 Å². The summed E-state index contributed by atoms with van der Waals surface area (Å²) in [5, 5.41) is 11.8. The summed E-state index contributed by atoms with van der Waals surface area (Å²) in [7, 11) is 1.90. The third kappa shape index (κ3) is 3.49. The lowest BCUT2D eigenvalue weighted by Crippen LogP contribution is -2.14. The van der Waals surface area contributed by atoms with Crippen molar-refractivity contribution in [1.82, 2.24) is 10.3 Å². The van der Waals surface area contributed by atoms with Crippen molar-refractivity contribution in [3.05, 3.63) is 23.9 Å². The minimum absolute atomic E-state index is 0.143. The van der Waals surface area contributed by atoms with Gasteiger partial charge in [0.15, 0.2) is 0 Å². The Morgan fingerprint density at radius 2 is 2.40 bits per heavy atom. The Labute approximate surface area is 90.3 Å². The molecule has 0 amide bonds. The number of aliphatic hydroxyl groups is 1. The molecule has 4 nitrogen and oxygen atoms in total. The molecule has 0 saturated heterocycles. The number of pyridine rings is 1. The Kier molecular flexibility index (Phi) is 5.07. The number of aliphatic hydroxyl groups excluding tert-OH is 1. The van der Waals surface area contributed by atoms with Gasteiger partial charge in [-0.05, 0) is 20.0 Å². The van der Waals surface area contributed by atoms with Crippen LogP contribution in [0.1, 0.15) is 24.9 Å². The molecule has 0 aromatic carbocycles. The largest absolute Gasteiger partial charge is 0.477 e. The SMILES string of the molecule is CNC(C)c1cccnc1OCCCO. The van der Waals surface area contributed by atoms with E-state index in [2.05, 4.69) is 17.2 Å². The van der Waals surface area contributed by atoms with E-state index in [4.69, 9.17) is 9.84 Å². The van der Waals surface area contributed by atoms with Crippen LogP contribution in [-0.4, -0.2) is 30.4 Å². The van der Waals surface area contributed by atoms with Gasteiger partial charge in [0, 0.05) is 30.8 Å². The molecule has 0 radical (unpaired) electrons. The Morgan fingerprint density at radius 1 is 1.60 bits per heavy atom. The first kappa shape index (κ1) is 11.9. The highest BCUT2D eigenvalue weighted by molar-refractivity contribution is 5.28. The van der Waals surface area contributed by atoms with Crippen LogP contribution in [-0.2, 0) is 0 Å². The molecule has 15 heavy (non-hydrogen) atoms. The fourth-order valence-corrected chi connectivity index (χ4v) is 1.24.